The smallest absolute Gasteiger partial charge is 0.250 e. The van der Waals surface area contributed by atoms with Gasteiger partial charge >= 0.3 is 0 Å². The topological polar surface area (TPSA) is 82.5 Å². The van der Waals surface area contributed by atoms with Gasteiger partial charge in [0.15, 0.2) is 0 Å². The van der Waals surface area contributed by atoms with Crippen molar-refractivity contribution in [1.82, 2.24) is 14.6 Å². The van der Waals surface area contributed by atoms with E-state index in [4.69, 9.17) is 10.5 Å². The predicted molar refractivity (Wildman–Crippen MR) is 66.4 cm³/mol. The Hall–Kier alpha value is -1.95. The summed E-state index contributed by atoms with van der Waals surface area (Å²) in [6.45, 7) is 2.52. The summed E-state index contributed by atoms with van der Waals surface area (Å²) in [6, 6.07) is 0. The van der Waals surface area contributed by atoms with Gasteiger partial charge in [-0.15, -0.1) is 0 Å². The first kappa shape index (κ1) is 12.5. The van der Waals surface area contributed by atoms with Gasteiger partial charge in [-0.1, -0.05) is 0 Å². The Bertz CT molecular complexity index is 577. The van der Waals surface area contributed by atoms with E-state index in [9.17, 15) is 4.79 Å². The van der Waals surface area contributed by atoms with Crippen molar-refractivity contribution in [2.24, 2.45) is 5.73 Å². The number of hydrogen-bond donors (Lipinski definition) is 1. The number of amides is 1. The summed E-state index contributed by atoms with van der Waals surface area (Å²) >= 11 is 0. The molecule has 2 N–H and O–H groups in total. The monoisotopic (exact) mass is 248 g/mol. The largest absolute Gasteiger partial charge is 0.385 e. The predicted octanol–water partition coefficient (Wildman–Crippen LogP) is 0.716. The maximum absolute atomic E-state index is 11.2. The zero-order chi connectivity index (χ0) is 13.1. The van der Waals surface area contributed by atoms with E-state index in [1.54, 1.807) is 24.0 Å². The third-order valence-corrected chi connectivity index (χ3v) is 2.86. The van der Waals surface area contributed by atoms with Gasteiger partial charge in [0, 0.05) is 26.3 Å². The molecule has 0 aliphatic carbocycles. The minimum Gasteiger partial charge on any atom is -0.385 e. The molecule has 0 aromatic carbocycles. The summed E-state index contributed by atoms with van der Waals surface area (Å²) in [4.78, 5) is 15.5. The molecule has 2 rings (SSSR count). The molecule has 0 saturated carbocycles. The van der Waals surface area contributed by atoms with Crippen molar-refractivity contribution >= 4 is 11.4 Å². The number of rotatable bonds is 5. The van der Waals surface area contributed by atoms with Gasteiger partial charge < -0.3 is 10.5 Å². The van der Waals surface area contributed by atoms with Crippen LogP contribution < -0.4 is 5.73 Å². The average molecular weight is 248 g/mol. The number of carbonyl (C=O) groups excluding carboxylic acids is 1. The molecule has 18 heavy (non-hydrogen) atoms. The molecule has 0 unspecified atom stereocenters. The van der Waals surface area contributed by atoms with Gasteiger partial charge in [0.2, 0.25) is 0 Å². The minimum absolute atomic E-state index is 0.445. The zero-order valence-electron chi connectivity index (χ0n) is 10.5. The van der Waals surface area contributed by atoms with Gasteiger partial charge in [-0.25, -0.2) is 9.50 Å². The highest BCUT2D eigenvalue weighted by atomic mass is 16.5. The lowest BCUT2D eigenvalue weighted by molar-refractivity contribution is 0.1000. The van der Waals surface area contributed by atoms with Gasteiger partial charge in [0.05, 0.1) is 17.3 Å². The molecule has 2 aromatic heterocycles. The van der Waals surface area contributed by atoms with Gasteiger partial charge in [0.1, 0.15) is 5.82 Å². The van der Waals surface area contributed by atoms with Crippen LogP contribution in [0.25, 0.3) is 5.52 Å². The number of primary amides is 1. The lowest BCUT2D eigenvalue weighted by Gasteiger charge is -2.00. The van der Waals surface area contributed by atoms with Crippen molar-refractivity contribution in [2.75, 3.05) is 13.7 Å². The normalized spacial score (nSPS) is 11.0. The van der Waals surface area contributed by atoms with Gasteiger partial charge in [-0.3, -0.25) is 4.79 Å². The van der Waals surface area contributed by atoms with Crippen LogP contribution in [0, 0.1) is 6.92 Å². The Kier molecular flexibility index (Phi) is 3.57. The highest BCUT2D eigenvalue weighted by molar-refractivity contribution is 5.96. The quantitative estimate of drug-likeness (QED) is 0.790. The average Bonchev–Trinajstić information content (AvgIpc) is 2.67. The molecular weight excluding hydrogens is 232 g/mol. The molecule has 1 amide bonds. The van der Waals surface area contributed by atoms with Crippen LogP contribution in [-0.4, -0.2) is 34.2 Å². The molecule has 0 aliphatic rings. The molecule has 0 fully saturated rings. The van der Waals surface area contributed by atoms with E-state index in [1.807, 2.05) is 6.92 Å². The first-order valence-corrected chi connectivity index (χ1v) is 5.76. The van der Waals surface area contributed by atoms with E-state index in [0.29, 0.717) is 12.2 Å². The van der Waals surface area contributed by atoms with Crippen LogP contribution in [0.15, 0.2) is 12.4 Å². The number of hydrogen-bond acceptors (Lipinski definition) is 4. The van der Waals surface area contributed by atoms with E-state index >= 15 is 0 Å². The molecule has 0 bridgehead atoms. The van der Waals surface area contributed by atoms with Crippen LogP contribution in [0.1, 0.15) is 28.2 Å². The van der Waals surface area contributed by atoms with Crippen molar-refractivity contribution in [3.05, 3.63) is 29.3 Å². The van der Waals surface area contributed by atoms with E-state index < -0.39 is 5.91 Å². The third kappa shape index (κ3) is 2.33. The van der Waals surface area contributed by atoms with Crippen LogP contribution in [0.5, 0.6) is 0 Å². The molecular formula is C12H16N4O2. The molecule has 2 aromatic rings. The Balaban J connectivity index is 2.31. The summed E-state index contributed by atoms with van der Waals surface area (Å²) in [6.07, 6.45) is 4.98. The number of carbonyl (C=O) groups is 1. The van der Waals surface area contributed by atoms with E-state index in [0.717, 1.165) is 29.7 Å². The molecule has 2 heterocycles. The summed E-state index contributed by atoms with van der Waals surface area (Å²) < 4.78 is 6.64. The van der Waals surface area contributed by atoms with Crippen LogP contribution in [-0.2, 0) is 11.2 Å². The Morgan fingerprint density at radius 2 is 2.33 bits per heavy atom. The lowest BCUT2D eigenvalue weighted by atomic mass is 10.2. The summed E-state index contributed by atoms with van der Waals surface area (Å²) in [5, 5.41) is 4.35. The number of aryl methyl sites for hydroxylation is 2. The maximum Gasteiger partial charge on any atom is 0.250 e. The van der Waals surface area contributed by atoms with Gasteiger partial charge in [-0.05, 0) is 18.9 Å². The number of nitrogens with zero attached hydrogens (tertiary/aromatic N) is 3. The first-order valence-electron chi connectivity index (χ1n) is 5.76. The molecule has 0 atom stereocenters. The summed E-state index contributed by atoms with van der Waals surface area (Å²) in [5.41, 5.74) is 7.40. The second-order valence-corrected chi connectivity index (χ2v) is 4.13. The van der Waals surface area contributed by atoms with Crippen molar-refractivity contribution in [1.29, 1.82) is 0 Å². The highest BCUT2D eigenvalue weighted by Gasteiger charge is 2.12. The number of fused-ring (bicyclic) bond motifs is 1. The Labute approximate surface area is 105 Å². The number of methoxy groups -OCH3 is 1. The SMILES string of the molecule is COCCCc1ncc2c(C)c(C(N)=O)cn2n1. The second-order valence-electron chi connectivity index (χ2n) is 4.13. The van der Waals surface area contributed by atoms with Crippen molar-refractivity contribution < 1.29 is 9.53 Å². The van der Waals surface area contributed by atoms with Crippen LogP contribution in [0.4, 0.5) is 0 Å². The molecule has 6 heteroatoms. The fourth-order valence-corrected chi connectivity index (χ4v) is 1.86. The minimum atomic E-state index is -0.445. The van der Waals surface area contributed by atoms with Crippen molar-refractivity contribution in [3.8, 4) is 0 Å². The standard InChI is InChI=1S/C12H16N4O2/c1-8-9(12(13)17)7-16-10(8)6-14-11(15-16)4-3-5-18-2/h6-7H,3-5H2,1-2H3,(H2,13,17). The molecule has 0 radical (unpaired) electrons. The summed E-state index contributed by atoms with van der Waals surface area (Å²) in [7, 11) is 1.67. The molecule has 0 spiro atoms. The Morgan fingerprint density at radius 1 is 1.56 bits per heavy atom. The van der Waals surface area contributed by atoms with Gasteiger partial charge in [0.25, 0.3) is 5.91 Å². The van der Waals surface area contributed by atoms with Crippen molar-refractivity contribution in [3.63, 3.8) is 0 Å². The van der Waals surface area contributed by atoms with Crippen LogP contribution >= 0.6 is 0 Å². The molecule has 6 nitrogen and oxygen atoms in total. The molecule has 96 valence electrons. The number of ether oxygens (including phenoxy) is 1. The number of aromatic nitrogens is 3. The second kappa shape index (κ2) is 5.14. The van der Waals surface area contributed by atoms with E-state index in [2.05, 4.69) is 10.1 Å². The molecule has 0 aliphatic heterocycles. The number of nitrogens with two attached hydrogens (primary N) is 1. The van der Waals surface area contributed by atoms with E-state index in [1.165, 1.54) is 0 Å². The maximum atomic E-state index is 11.2. The van der Waals surface area contributed by atoms with Crippen LogP contribution in [0.3, 0.4) is 0 Å². The zero-order valence-corrected chi connectivity index (χ0v) is 10.5. The lowest BCUT2D eigenvalue weighted by Crippen LogP contribution is -2.10. The van der Waals surface area contributed by atoms with E-state index in [-0.39, 0.29) is 0 Å². The third-order valence-electron chi connectivity index (χ3n) is 2.86. The highest BCUT2D eigenvalue weighted by Crippen LogP contribution is 2.15. The fraction of sp³-hybridized carbons (Fsp3) is 0.417. The van der Waals surface area contributed by atoms with Crippen LogP contribution in [0.2, 0.25) is 0 Å². The molecule has 0 saturated heterocycles. The first-order chi connectivity index (χ1) is 8.63. The van der Waals surface area contributed by atoms with Gasteiger partial charge in [-0.2, -0.15) is 5.10 Å². The fourth-order valence-electron chi connectivity index (χ4n) is 1.86. The Morgan fingerprint density at radius 3 is 3.00 bits per heavy atom. The van der Waals surface area contributed by atoms with Crippen molar-refractivity contribution in [2.45, 2.75) is 19.8 Å². The summed E-state index contributed by atoms with van der Waals surface area (Å²) in [5.74, 6) is 0.282.